The van der Waals surface area contributed by atoms with Gasteiger partial charge in [0.25, 0.3) is 5.91 Å². The Hall–Kier alpha value is -2.29. The second kappa shape index (κ2) is 7.12. The quantitative estimate of drug-likeness (QED) is 0.888. The highest BCUT2D eigenvalue weighted by atomic mass is 16.5. The normalized spacial score (nSPS) is 11.8. The molecule has 0 bridgehead atoms. The number of carbonyl (C=O) groups is 1. The van der Waals surface area contributed by atoms with E-state index in [1.807, 2.05) is 70.2 Å². The average molecular weight is 297 g/mol. The summed E-state index contributed by atoms with van der Waals surface area (Å²) in [5.74, 6) is 0.606. The molecule has 2 rings (SSSR count). The Morgan fingerprint density at radius 3 is 2.18 bits per heavy atom. The number of amides is 1. The van der Waals surface area contributed by atoms with Crippen LogP contribution in [0.5, 0.6) is 5.75 Å². The predicted molar refractivity (Wildman–Crippen MR) is 90.4 cm³/mol. The van der Waals surface area contributed by atoms with E-state index in [0.717, 1.165) is 16.8 Å². The molecule has 0 aromatic heterocycles. The minimum Gasteiger partial charge on any atom is -0.481 e. The second-order valence-electron chi connectivity index (χ2n) is 5.58. The Bertz CT molecular complexity index is 627. The summed E-state index contributed by atoms with van der Waals surface area (Å²) in [4.78, 5) is 12.5. The molecular formula is C19H23NO2. The van der Waals surface area contributed by atoms with Crippen LogP contribution in [0.3, 0.4) is 0 Å². The van der Waals surface area contributed by atoms with Crippen molar-refractivity contribution in [1.82, 2.24) is 0 Å². The molecule has 0 saturated carbocycles. The van der Waals surface area contributed by atoms with Crippen LogP contribution in [0.15, 0.2) is 42.5 Å². The monoisotopic (exact) mass is 297 g/mol. The molecule has 2 aromatic carbocycles. The summed E-state index contributed by atoms with van der Waals surface area (Å²) >= 11 is 0. The Morgan fingerprint density at radius 2 is 1.64 bits per heavy atom. The number of anilines is 1. The number of benzene rings is 2. The van der Waals surface area contributed by atoms with Crippen LogP contribution in [-0.4, -0.2) is 12.0 Å². The summed E-state index contributed by atoms with van der Waals surface area (Å²) in [7, 11) is 0. The molecule has 3 nitrogen and oxygen atoms in total. The van der Waals surface area contributed by atoms with Crippen LogP contribution in [0.2, 0.25) is 0 Å². The van der Waals surface area contributed by atoms with Gasteiger partial charge in [-0.05, 0) is 50.5 Å². The molecular weight excluding hydrogens is 274 g/mol. The first-order chi connectivity index (χ1) is 10.5. The van der Waals surface area contributed by atoms with Gasteiger partial charge in [0.05, 0.1) is 0 Å². The van der Waals surface area contributed by atoms with Crippen molar-refractivity contribution in [1.29, 1.82) is 0 Å². The number of hydrogen-bond acceptors (Lipinski definition) is 2. The van der Waals surface area contributed by atoms with Crippen molar-refractivity contribution in [3.8, 4) is 5.75 Å². The largest absolute Gasteiger partial charge is 0.481 e. The molecule has 0 spiro atoms. The van der Waals surface area contributed by atoms with E-state index in [0.29, 0.717) is 12.2 Å². The Kier molecular flexibility index (Phi) is 5.21. The molecule has 1 N–H and O–H groups in total. The number of rotatable bonds is 5. The van der Waals surface area contributed by atoms with E-state index >= 15 is 0 Å². The second-order valence-corrected chi connectivity index (χ2v) is 5.58. The van der Waals surface area contributed by atoms with E-state index < -0.39 is 6.10 Å². The van der Waals surface area contributed by atoms with Gasteiger partial charge in [-0.25, -0.2) is 0 Å². The third kappa shape index (κ3) is 3.88. The van der Waals surface area contributed by atoms with Gasteiger partial charge in [-0.3, -0.25) is 4.79 Å². The van der Waals surface area contributed by atoms with Gasteiger partial charge in [-0.15, -0.1) is 0 Å². The summed E-state index contributed by atoms with van der Waals surface area (Å²) in [6.07, 6.45) is 0.117. The van der Waals surface area contributed by atoms with Crippen molar-refractivity contribution in [2.45, 2.75) is 40.2 Å². The maximum Gasteiger partial charge on any atom is 0.265 e. The van der Waals surface area contributed by atoms with Crippen molar-refractivity contribution in [2.24, 2.45) is 0 Å². The number of aryl methyl sites for hydroxylation is 3. The van der Waals surface area contributed by atoms with Gasteiger partial charge >= 0.3 is 0 Å². The number of carbonyl (C=O) groups excluding carboxylic acids is 1. The van der Waals surface area contributed by atoms with Crippen LogP contribution in [0.25, 0.3) is 0 Å². The first-order valence-electron chi connectivity index (χ1n) is 7.61. The maximum absolute atomic E-state index is 12.5. The van der Waals surface area contributed by atoms with E-state index in [4.69, 9.17) is 4.74 Å². The van der Waals surface area contributed by atoms with Crippen molar-refractivity contribution >= 4 is 11.6 Å². The number of nitrogens with one attached hydrogen (secondary N) is 1. The molecule has 2 aromatic rings. The maximum atomic E-state index is 12.5. The van der Waals surface area contributed by atoms with Gasteiger partial charge < -0.3 is 10.1 Å². The van der Waals surface area contributed by atoms with Gasteiger partial charge in [0.1, 0.15) is 5.75 Å². The third-order valence-electron chi connectivity index (χ3n) is 3.69. The van der Waals surface area contributed by atoms with E-state index in [-0.39, 0.29) is 5.91 Å². The van der Waals surface area contributed by atoms with Crippen molar-refractivity contribution in [2.75, 3.05) is 5.32 Å². The van der Waals surface area contributed by atoms with Crippen LogP contribution >= 0.6 is 0 Å². The van der Waals surface area contributed by atoms with Crippen LogP contribution in [0.1, 0.15) is 30.0 Å². The van der Waals surface area contributed by atoms with Crippen LogP contribution in [-0.2, 0) is 4.79 Å². The summed E-state index contributed by atoms with van der Waals surface area (Å²) in [5, 5.41) is 3.00. The molecule has 0 unspecified atom stereocenters. The zero-order chi connectivity index (χ0) is 16.1. The van der Waals surface area contributed by atoms with E-state index in [9.17, 15) is 4.79 Å². The molecule has 22 heavy (non-hydrogen) atoms. The lowest BCUT2D eigenvalue weighted by Crippen LogP contribution is -2.32. The van der Waals surface area contributed by atoms with Crippen LogP contribution in [0.4, 0.5) is 5.69 Å². The van der Waals surface area contributed by atoms with Crippen LogP contribution < -0.4 is 10.1 Å². The van der Waals surface area contributed by atoms with Gasteiger partial charge in [0, 0.05) is 5.69 Å². The Balaban J connectivity index is 2.10. The summed E-state index contributed by atoms with van der Waals surface area (Å²) in [6.45, 7) is 7.95. The first-order valence-corrected chi connectivity index (χ1v) is 7.61. The third-order valence-corrected chi connectivity index (χ3v) is 3.69. The molecule has 0 radical (unpaired) electrons. The van der Waals surface area contributed by atoms with Gasteiger partial charge in [0.2, 0.25) is 0 Å². The predicted octanol–water partition coefficient (Wildman–Crippen LogP) is 4.41. The summed E-state index contributed by atoms with van der Waals surface area (Å²) in [6, 6.07) is 13.7. The van der Waals surface area contributed by atoms with Crippen molar-refractivity contribution in [3.63, 3.8) is 0 Å². The zero-order valence-corrected chi connectivity index (χ0v) is 13.6. The lowest BCUT2D eigenvalue weighted by Gasteiger charge is -2.19. The highest BCUT2D eigenvalue weighted by molar-refractivity contribution is 5.95. The molecule has 0 fully saturated rings. The fraction of sp³-hybridized carbons (Fsp3) is 0.316. The summed E-state index contributed by atoms with van der Waals surface area (Å²) < 4.78 is 5.82. The first kappa shape index (κ1) is 16.1. The van der Waals surface area contributed by atoms with E-state index in [1.54, 1.807) is 0 Å². The molecule has 1 atom stereocenters. The van der Waals surface area contributed by atoms with Gasteiger partial charge in [0.15, 0.2) is 6.10 Å². The molecule has 0 aliphatic carbocycles. The molecule has 0 aliphatic heterocycles. The lowest BCUT2D eigenvalue weighted by atomic mass is 10.1. The SMILES string of the molecule is CC[C@@H](Oc1ccc(C)cc1)C(=O)Nc1c(C)cccc1C. The molecule has 0 saturated heterocycles. The minimum absolute atomic E-state index is 0.111. The topological polar surface area (TPSA) is 38.3 Å². The fourth-order valence-electron chi connectivity index (χ4n) is 2.32. The highest BCUT2D eigenvalue weighted by Gasteiger charge is 2.19. The number of para-hydroxylation sites is 1. The summed E-state index contributed by atoms with van der Waals surface area (Å²) in [5.41, 5.74) is 4.15. The van der Waals surface area contributed by atoms with Gasteiger partial charge in [-0.2, -0.15) is 0 Å². The molecule has 3 heteroatoms. The van der Waals surface area contributed by atoms with Crippen LogP contribution in [0, 0.1) is 20.8 Å². The highest BCUT2D eigenvalue weighted by Crippen LogP contribution is 2.21. The zero-order valence-electron chi connectivity index (χ0n) is 13.6. The molecule has 116 valence electrons. The number of hydrogen-bond donors (Lipinski definition) is 1. The standard InChI is InChI=1S/C19H23NO2/c1-5-17(22-16-11-9-13(2)10-12-16)19(21)20-18-14(3)7-6-8-15(18)4/h6-12,17H,5H2,1-4H3,(H,20,21)/t17-/m1/s1. The molecule has 0 aliphatic rings. The van der Waals surface area contributed by atoms with E-state index in [2.05, 4.69) is 5.32 Å². The molecule has 1 amide bonds. The van der Waals surface area contributed by atoms with Crippen molar-refractivity contribution < 1.29 is 9.53 Å². The molecule has 0 heterocycles. The fourth-order valence-corrected chi connectivity index (χ4v) is 2.32. The Labute approximate surface area is 132 Å². The average Bonchev–Trinajstić information content (AvgIpc) is 2.50. The lowest BCUT2D eigenvalue weighted by molar-refractivity contribution is -0.122. The Morgan fingerprint density at radius 1 is 1.05 bits per heavy atom. The smallest absolute Gasteiger partial charge is 0.265 e. The minimum atomic E-state index is -0.498. The van der Waals surface area contributed by atoms with Gasteiger partial charge in [-0.1, -0.05) is 42.8 Å². The van der Waals surface area contributed by atoms with E-state index in [1.165, 1.54) is 5.56 Å². The number of ether oxygens (including phenoxy) is 1. The van der Waals surface area contributed by atoms with Crippen molar-refractivity contribution in [3.05, 3.63) is 59.2 Å².